The smallest absolute Gasteiger partial charge is 0.226 e. The van der Waals surface area contributed by atoms with Crippen LogP contribution in [0.1, 0.15) is 24.8 Å². The summed E-state index contributed by atoms with van der Waals surface area (Å²) in [6.45, 7) is 0.658. The van der Waals surface area contributed by atoms with Crippen LogP contribution in [0.4, 0.5) is 0 Å². The molecule has 3 heteroatoms. The van der Waals surface area contributed by atoms with E-state index in [0.717, 1.165) is 30.2 Å². The summed E-state index contributed by atoms with van der Waals surface area (Å²) in [5.41, 5.74) is 1.07. The van der Waals surface area contributed by atoms with Gasteiger partial charge in [-0.2, -0.15) is 0 Å². The quantitative estimate of drug-likeness (QED) is 0.942. The summed E-state index contributed by atoms with van der Waals surface area (Å²) in [7, 11) is 1.85. The second-order valence-electron chi connectivity index (χ2n) is 6.35. The lowest BCUT2D eigenvalue weighted by Crippen LogP contribution is -2.35. The highest BCUT2D eigenvalue weighted by molar-refractivity contribution is 5.90. The highest BCUT2D eigenvalue weighted by Crippen LogP contribution is 2.26. The molecule has 3 rings (SSSR count). The van der Waals surface area contributed by atoms with E-state index in [1.165, 1.54) is 5.39 Å². The lowest BCUT2D eigenvalue weighted by molar-refractivity contribution is -0.130. The molecular formula is C19H23NO2. The summed E-state index contributed by atoms with van der Waals surface area (Å²) in [4.78, 5) is 14.3. The average molecular weight is 297 g/mol. The number of carbonyl (C=O) groups excluding carboxylic acids is 1. The maximum atomic E-state index is 12.5. The maximum Gasteiger partial charge on any atom is 0.226 e. The number of benzene rings is 2. The second-order valence-corrected chi connectivity index (χ2v) is 6.35. The molecule has 2 atom stereocenters. The first-order valence-electron chi connectivity index (χ1n) is 8.04. The fourth-order valence-corrected chi connectivity index (χ4v) is 3.43. The molecule has 1 N–H and O–H groups in total. The molecule has 1 saturated carbocycles. The average Bonchev–Trinajstić information content (AvgIpc) is 2.93. The van der Waals surface area contributed by atoms with E-state index in [9.17, 15) is 9.90 Å². The number of fused-ring (bicyclic) bond motifs is 1. The Bertz CT molecular complexity index is 662. The Kier molecular flexibility index (Phi) is 4.44. The van der Waals surface area contributed by atoms with Crippen molar-refractivity contribution in [3.8, 4) is 0 Å². The third-order valence-corrected chi connectivity index (χ3v) is 4.77. The third-order valence-electron chi connectivity index (χ3n) is 4.77. The Morgan fingerprint density at radius 2 is 1.95 bits per heavy atom. The topological polar surface area (TPSA) is 40.5 Å². The van der Waals surface area contributed by atoms with Gasteiger partial charge in [-0.3, -0.25) is 4.79 Å². The molecule has 1 aliphatic rings. The van der Waals surface area contributed by atoms with E-state index in [4.69, 9.17) is 0 Å². The van der Waals surface area contributed by atoms with Crippen molar-refractivity contribution < 1.29 is 9.90 Å². The van der Waals surface area contributed by atoms with Crippen molar-refractivity contribution in [2.24, 2.45) is 5.92 Å². The molecule has 3 nitrogen and oxygen atoms in total. The number of amides is 1. The summed E-state index contributed by atoms with van der Waals surface area (Å²) in [6.07, 6.45) is 3.13. The monoisotopic (exact) mass is 297 g/mol. The number of nitrogens with zero attached hydrogens (tertiary/aromatic N) is 1. The molecule has 116 valence electrons. The number of hydrogen-bond acceptors (Lipinski definition) is 2. The molecule has 0 aromatic heterocycles. The van der Waals surface area contributed by atoms with Gasteiger partial charge in [-0.15, -0.1) is 0 Å². The number of carbonyl (C=O) groups is 1. The van der Waals surface area contributed by atoms with Crippen molar-refractivity contribution in [1.82, 2.24) is 4.90 Å². The first-order valence-corrected chi connectivity index (χ1v) is 8.04. The Morgan fingerprint density at radius 1 is 1.18 bits per heavy atom. The molecule has 0 aliphatic heterocycles. The van der Waals surface area contributed by atoms with Gasteiger partial charge in [-0.1, -0.05) is 48.9 Å². The van der Waals surface area contributed by atoms with Gasteiger partial charge >= 0.3 is 0 Å². The van der Waals surface area contributed by atoms with Gasteiger partial charge in [-0.25, -0.2) is 0 Å². The van der Waals surface area contributed by atoms with Gasteiger partial charge in [0, 0.05) is 19.5 Å². The van der Waals surface area contributed by atoms with E-state index in [1.54, 1.807) is 4.90 Å². The third kappa shape index (κ3) is 3.14. The number of aliphatic hydroxyl groups is 1. The van der Waals surface area contributed by atoms with Crippen LogP contribution >= 0.6 is 0 Å². The van der Waals surface area contributed by atoms with E-state index >= 15 is 0 Å². The van der Waals surface area contributed by atoms with Crippen LogP contribution in [0.5, 0.6) is 0 Å². The zero-order valence-corrected chi connectivity index (χ0v) is 13.0. The Balaban J connectivity index is 1.70. The summed E-state index contributed by atoms with van der Waals surface area (Å²) in [5, 5.41) is 12.2. The first kappa shape index (κ1) is 15.0. The van der Waals surface area contributed by atoms with Gasteiger partial charge < -0.3 is 10.0 Å². The minimum absolute atomic E-state index is 0.121. The minimum atomic E-state index is -0.243. The van der Waals surface area contributed by atoms with Crippen LogP contribution in [-0.4, -0.2) is 35.6 Å². The van der Waals surface area contributed by atoms with Crippen molar-refractivity contribution in [1.29, 1.82) is 0 Å². The number of aliphatic hydroxyl groups excluding tert-OH is 1. The molecule has 1 aliphatic carbocycles. The molecule has 0 bridgehead atoms. The van der Waals surface area contributed by atoms with Gasteiger partial charge in [0.25, 0.3) is 0 Å². The second kappa shape index (κ2) is 6.49. The molecule has 22 heavy (non-hydrogen) atoms. The predicted molar refractivity (Wildman–Crippen MR) is 88.6 cm³/mol. The molecule has 1 amide bonds. The highest BCUT2D eigenvalue weighted by Gasteiger charge is 2.27. The number of hydrogen-bond donors (Lipinski definition) is 1. The van der Waals surface area contributed by atoms with Crippen LogP contribution in [-0.2, 0) is 11.2 Å². The van der Waals surface area contributed by atoms with E-state index < -0.39 is 0 Å². The van der Waals surface area contributed by atoms with Crippen LogP contribution < -0.4 is 0 Å². The van der Waals surface area contributed by atoms with Crippen molar-refractivity contribution in [3.05, 3.63) is 48.0 Å². The van der Waals surface area contributed by atoms with Gasteiger partial charge in [-0.05, 0) is 29.2 Å². The van der Waals surface area contributed by atoms with E-state index in [0.29, 0.717) is 13.0 Å². The minimum Gasteiger partial charge on any atom is -0.393 e. The molecule has 0 spiro atoms. The van der Waals surface area contributed by atoms with Gasteiger partial charge in [0.2, 0.25) is 5.91 Å². The molecular weight excluding hydrogens is 274 g/mol. The fraction of sp³-hybridized carbons (Fsp3) is 0.421. The Labute approximate surface area is 131 Å². The number of likely N-dealkylation sites (N-methyl/N-ethyl adjacent to an activating group) is 1. The van der Waals surface area contributed by atoms with Crippen LogP contribution in [0.3, 0.4) is 0 Å². The van der Waals surface area contributed by atoms with Gasteiger partial charge in [0.05, 0.1) is 12.5 Å². The normalized spacial score (nSPS) is 21.2. The van der Waals surface area contributed by atoms with Crippen LogP contribution in [0.15, 0.2) is 42.5 Å². The molecule has 1 fully saturated rings. The van der Waals surface area contributed by atoms with E-state index in [-0.39, 0.29) is 17.9 Å². The van der Waals surface area contributed by atoms with Crippen molar-refractivity contribution in [2.45, 2.75) is 31.8 Å². The summed E-state index contributed by atoms with van der Waals surface area (Å²) >= 11 is 0. The molecule has 2 aromatic carbocycles. The summed E-state index contributed by atoms with van der Waals surface area (Å²) in [5.74, 6) is 0.358. The maximum absolute atomic E-state index is 12.5. The molecule has 0 saturated heterocycles. The van der Waals surface area contributed by atoms with Crippen molar-refractivity contribution in [3.63, 3.8) is 0 Å². The van der Waals surface area contributed by atoms with Gasteiger partial charge in [0.15, 0.2) is 0 Å². The predicted octanol–water partition coefficient (Wildman–Crippen LogP) is 3.00. The zero-order chi connectivity index (χ0) is 15.5. The molecule has 2 unspecified atom stereocenters. The van der Waals surface area contributed by atoms with Gasteiger partial charge in [0.1, 0.15) is 0 Å². The summed E-state index contributed by atoms with van der Waals surface area (Å²) in [6, 6.07) is 14.3. The lowest BCUT2D eigenvalue weighted by atomic mass is 10.0. The van der Waals surface area contributed by atoms with Crippen LogP contribution in [0.25, 0.3) is 10.8 Å². The van der Waals surface area contributed by atoms with E-state index in [1.807, 2.05) is 31.3 Å². The first-order chi connectivity index (χ1) is 10.6. The van der Waals surface area contributed by atoms with Crippen LogP contribution in [0.2, 0.25) is 0 Å². The van der Waals surface area contributed by atoms with E-state index in [2.05, 4.69) is 18.2 Å². The molecule has 0 radical (unpaired) electrons. The highest BCUT2D eigenvalue weighted by atomic mass is 16.3. The van der Waals surface area contributed by atoms with Crippen molar-refractivity contribution in [2.75, 3.05) is 13.6 Å². The van der Waals surface area contributed by atoms with Crippen LogP contribution in [0, 0.1) is 5.92 Å². The Morgan fingerprint density at radius 3 is 2.73 bits per heavy atom. The SMILES string of the molecule is CN(CC1CCCC1O)C(=O)Cc1cccc2ccccc12. The lowest BCUT2D eigenvalue weighted by Gasteiger charge is -2.23. The molecule has 2 aromatic rings. The Hall–Kier alpha value is -1.87. The standard InChI is InChI=1S/C19H23NO2/c1-20(13-16-9-5-11-18(16)21)19(22)12-15-8-4-7-14-6-2-3-10-17(14)15/h2-4,6-8,10,16,18,21H,5,9,11-13H2,1H3. The molecule has 0 heterocycles. The largest absolute Gasteiger partial charge is 0.393 e. The fourth-order valence-electron chi connectivity index (χ4n) is 3.43. The van der Waals surface area contributed by atoms with Crippen molar-refractivity contribution >= 4 is 16.7 Å². The summed E-state index contributed by atoms with van der Waals surface area (Å²) < 4.78 is 0. The zero-order valence-electron chi connectivity index (χ0n) is 13.0. The number of rotatable bonds is 4.